The Morgan fingerprint density at radius 2 is 2.00 bits per heavy atom. The summed E-state index contributed by atoms with van der Waals surface area (Å²) in [5.74, 6) is -0.191. The molecular weight excluding hydrogens is 373 g/mol. The van der Waals surface area contributed by atoms with E-state index in [1.54, 1.807) is 0 Å². The summed E-state index contributed by atoms with van der Waals surface area (Å²) in [6, 6.07) is 4.04. The van der Waals surface area contributed by atoms with E-state index < -0.39 is 17.6 Å². The van der Waals surface area contributed by atoms with Crippen LogP contribution in [0.5, 0.6) is 0 Å². The lowest BCUT2D eigenvalue weighted by Gasteiger charge is -2.16. The Kier molecular flexibility index (Phi) is 5.24. The van der Waals surface area contributed by atoms with Crippen LogP contribution in [-0.2, 0) is 6.18 Å². The molecule has 1 aromatic heterocycles. The molecule has 5 nitrogen and oxygen atoms in total. The average Bonchev–Trinajstić information content (AvgIpc) is 3.36. The summed E-state index contributed by atoms with van der Waals surface area (Å²) < 4.78 is 43.0. The SMILES string of the molecule is O=C(NC(CCO)C1CC1)c1noc(-c2ccc(C(F)(F)F)cc2)c1Cl. The standard InChI is InChI=1S/C17H16ClF3N2O3/c18-13-14(16(25)22-12(7-8-24)9-1-2-9)23-26-15(13)10-3-5-11(6-4-10)17(19,20)21/h3-6,9,12,24H,1-2,7-8H2,(H,22,25). The van der Waals surface area contributed by atoms with Crippen molar-refractivity contribution in [3.05, 3.63) is 40.5 Å². The molecule has 0 aliphatic heterocycles. The van der Waals surface area contributed by atoms with E-state index in [2.05, 4.69) is 10.5 Å². The Morgan fingerprint density at radius 3 is 2.54 bits per heavy atom. The highest BCUT2D eigenvalue weighted by Crippen LogP contribution is 2.36. The zero-order valence-electron chi connectivity index (χ0n) is 13.5. The summed E-state index contributed by atoms with van der Waals surface area (Å²) in [6.45, 7) is -0.0508. The third-order valence-corrected chi connectivity index (χ3v) is 4.62. The van der Waals surface area contributed by atoms with Gasteiger partial charge in [0.25, 0.3) is 5.91 Å². The number of hydrogen-bond donors (Lipinski definition) is 2. The van der Waals surface area contributed by atoms with Crippen LogP contribution in [-0.4, -0.2) is 28.8 Å². The van der Waals surface area contributed by atoms with Crippen LogP contribution in [0.15, 0.2) is 28.8 Å². The second kappa shape index (κ2) is 7.28. The van der Waals surface area contributed by atoms with E-state index in [1.165, 1.54) is 12.1 Å². The summed E-state index contributed by atoms with van der Waals surface area (Å²) in [5.41, 5.74) is -0.653. The van der Waals surface area contributed by atoms with Crippen molar-refractivity contribution >= 4 is 17.5 Å². The molecule has 1 atom stereocenters. The number of carbonyl (C=O) groups is 1. The number of hydrogen-bond acceptors (Lipinski definition) is 4. The minimum Gasteiger partial charge on any atom is -0.396 e. The van der Waals surface area contributed by atoms with Gasteiger partial charge in [-0.15, -0.1) is 0 Å². The summed E-state index contributed by atoms with van der Waals surface area (Å²) in [5, 5.41) is 15.5. The van der Waals surface area contributed by atoms with Gasteiger partial charge in [-0.2, -0.15) is 13.2 Å². The van der Waals surface area contributed by atoms with Crippen molar-refractivity contribution in [3.8, 4) is 11.3 Å². The fourth-order valence-corrected chi connectivity index (χ4v) is 2.97. The molecule has 140 valence electrons. The van der Waals surface area contributed by atoms with E-state index >= 15 is 0 Å². The number of nitrogens with one attached hydrogen (secondary N) is 1. The van der Waals surface area contributed by atoms with E-state index in [4.69, 9.17) is 21.2 Å². The maximum absolute atomic E-state index is 12.6. The molecule has 1 aliphatic carbocycles. The fourth-order valence-electron chi connectivity index (χ4n) is 2.71. The molecule has 0 saturated heterocycles. The number of rotatable bonds is 6. The number of carbonyl (C=O) groups excluding carboxylic acids is 1. The molecule has 1 aromatic carbocycles. The Labute approximate surface area is 152 Å². The van der Waals surface area contributed by atoms with Crippen molar-refractivity contribution < 1.29 is 27.6 Å². The van der Waals surface area contributed by atoms with Crippen LogP contribution in [0.1, 0.15) is 35.3 Å². The molecule has 2 aromatic rings. The maximum Gasteiger partial charge on any atom is 0.416 e. The number of amides is 1. The minimum atomic E-state index is -4.45. The van der Waals surface area contributed by atoms with Crippen molar-refractivity contribution in [1.29, 1.82) is 0 Å². The zero-order valence-corrected chi connectivity index (χ0v) is 14.3. The molecule has 1 amide bonds. The van der Waals surface area contributed by atoms with Crippen LogP contribution in [0.2, 0.25) is 5.02 Å². The topological polar surface area (TPSA) is 75.4 Å². The minimum absolute atomic E-state index is 0.0238. The third-order valence-electron chi connectivity index (χ3n) is 4.27. The summed E-state index contributed by atoms with van der Waals surface area (Å²) >= 11 is 6.15. The molecule has 1 unspecified atom stereocenters. The lowest BCUT2D eigenvalue weighted by Crippen LogP contribution is -2.37. The Morgan fingerprint density at radius 1 is 1.35 bits per heavy atom. The Hall–Kier alpha value is -2.06. The van der Waals surface area contributed by atoms with Gasteiger partial charge in [-0.3, -0.25) is 4.79 Å². The van der Waals surface area contributed by atoms with Gasteiger partial charge in [-0.25, -0.2) is 0 Å². The first-order valence-corrected chi connectivity index (χ1v) is 8.43. The molecule has 1 fully saturated rings. The van der Waals surface area contributed by atoms with Crippen LogP contribution in [0.4, 0.5) is 13.2 Å². The number of halogens is 4. The predicted octanol–water partition coefficient (Wildman–Crippen LogP) is 3.90. The monoisotopic (exact) mass is 388 g/mol. The number of nitrogens with zero attached hydrogens (tertiary/aromatic N) is 1. The quantitative estimate of drug-likeness (QED) is 0.786. The van der Waals surface area contributed by atoms with E-state index in [0.717, 1.165) is 25.0 Å². The van der Waals surface area contributed by atoms with Gasteiger partial charge in [-0.1, -0.05) is 28.9 Å². The van der Waals surface area contributed by atoms with Crippen molar-refractivity contribution in [2.24, 2.45) is 5.92 Å². The van der Waals surface area contributed by atoms with E-state index in [-0.39, 0.29) is 34.7 Å². The fraction of sp³-hybridized carbons (Fsp3) is 0.412. The van der Waals surface area contributed by atoms with Crippen molar-refractivity contribution in [2.45, 2.75) is 31.5 Å². The van der Waals surface area contributed by atoms with Gasteiger partial charge >= 0.3 is 6.18 Å². The van der Waals surface area contributed by atoms with E-state index in [9.17, 15) is 18.0 Å². The number of alkyl halides is 3. The van der Waals surface area contributed by atoms with Gasteiger partial charge in [-0.05, 0) is 37.3 Å². The van der Waals surface area contributed by atoms with Gasteiger partial charge in [0.1, 0.15) is 5.02 Å². The molecule has 1 heterocycles. The number of aliphatic hydroxyl groups excluding tert-OH is 1. The summed E-state index contributed by atoms with van der Waals surface area (Å²) in [7, 11) is 0. The first kappa shape index (κ1) is 18.7. The maximum atomic E-state index is 12.6. The molecule has 0 bridgehead atoms. The molecule has 0 radical (unpaired) electrons. The van der Waals surface area contributed by atoms with E-state index in [0.29, 0.717) is 12.3 Å². The smallest absolute Gasteiger partial charge is 0.396 e. The largest absolute Gasteiger partial charge is 0.416 e. The average molecular weight is 389 g/mol. The normalized spacial score (nSPS) is 15.7. The van der Waals surface area contributed by atoms with Crippen LogP contribution in [0, 0.1) is 5.92 Å². The van der Waals surface area contributed by atoms with Gasteiger partial charge in [0.2, 0.25) is 0 Å². The van der Waals surface area contributed by atoms with Gasteiger partial charge < -0.3 is 14.9 Å². The first-order valence-electron chi connectivity index (χ1n) is 8.05. The van der Waals surface area contributed by atoms with Gasteiger partial charge in [0, 0.05) is 18.2 Å². The summed E-state index contributed by atoms with van der Waals surface area (Å²) in [6.07, 6.45) is -2.06. The van der Waals surface area contributed by atoms with E-state index in [1.807, 2.05) is 0 Å². The highest BCUT2D eigenvalue weighted by Gasteiger charge is 2.34. The third kappa shape index (κ3) is 4.02. The number of aromatic nitrogens is 1. The van der Waals surface area contributed by atoms with Crippen molar-refractivity contribution in [1.82, 2.24) is 10.5 Å². The molecule has 2 N–H and O–H groups in total. The second-order valence-corrected chi connectivity index (χ2v) is 6.56. The molecule has 9 heteroatoms. The molecule has 3 rings (SSSR count). The Bertz CT molecular complexity index is 786. The lowest BCUT2D eigenvalue weighted by atomic mass is 10.1. The lowest BCUT2D eigenvalue weighted by molar-refractivity contribution is -0.137. The zero-order chi connectivity index (χ0) is 18.9. The predicted molar refractivity (Wildman–Crippen MR) is 87.6 cm³/mol. The highest BCUT2D eigenvalue weighted by molar-refractivity contribution is 6.35. The van der Waals surface area contributed by atoms with Crippen molar-refractivity contribution in [2.75, 3.05) is 6.61 Å². The Balaban J connectivity index is 1.78. The van der Waals surface area contributed by atoms with Crippen LogP contribution < -0.4 is 5.32 Å². The number of aliphatic hydroxyl groups is 1. The van der Waals surface area contributed by atoms with Crippen LogP contribution >= 0.6 is 11.6 Å². The molecule has 1 saturated carbocycles. The highest BCUT2D eigenvalue weighted by atomic mass is 35.5. The van der Waals surface area contributed by atoms with Crippen LogP contribution in [0.3, 0.4) is 0 Å². The van der Waals surface area contributed by atoms with Crippen molar-refractivity contribution in [3.63, 3.8) is 0 Å². The number of benzene rings is 1. The molecule has 26 heavy (non-hydrogen) atoms. The molecular formula is C17H16ClF3N2O3. The second-order valence-electron chi connectivity index (χ2n) is 6.18. The molecule has 0 spiro atoms. The van der Waals surface area contributed by atoms with Crippen LogP contribution in [0.25, 0.3) is 11.3 Å². The van der Waals surface area contributed by atoms with Gasteiger partial charge in [0.05, 0.1) is 5.56 Å². The summed E-state index contributed by atoms with van der Waals surface area (Å²) in [4.78, 5) is 12.4. The first-order chi connectivity index (χ1) is 12.3. The van der Waals surface area contributed by atoms with Gasteiger partial charge in [0.15, 0.2) is 11.5 Å². The molecule has 1 aliphatic rings.